The number of ether oxygens (including phenoxy) is 1. The second-order valence-corrected chi connectivity index (χ2v) is 3.15. The minimum Gasteiger partial charge on any atom is -0.380 e. The van der Waals surface area contributed by atoms with Crippen molar-refractivity contribution in [1.82, 2.24) is 5.32 Å². The van der Waals surface area contributed by atoms with Crippen LogP contribution >= 0.6 is 0 Å². The molecule has 1 amide bonds. The molecule has 0 fully saturated rings. The zero-order chi connectivity index (χ0) is 12.6. The van der Waals surface area contributed by atoms with Gasteiger partial charge in [0.25, 0.3) is 5.91 Å². The van der Waals surface area contributed by atoms with E-state index in [1.165, 1.54) is 0 Å². The molecular weight excluding hydrogens is 230 g/mol. The highest BCUT2D eigenvalue weighted by atomic mass is 19.3. The standard InChI is InChI=1S/C9H15F4NO2/c1-2-3-5-16-6-4-14-8(15)9(12,13)7(10)11/h7H,2-6H2,1H3,(H,14,15). The summed E-state index contributed by atoms with van der Waals surface area (Å²) in [6.45, 7) is 2.24. The predicted molar refractivity (Wildman–Crippen MR) is 49.7 cm³/mol. The van der Waals surface area contributed by atoms with Crippen molar-refractivity contribution in [2.24, 2.45) is 0 Å². The normalized spacial score (nSPS) is 11.9. The average Bonchev–Trinajstić information content (AvgIpc) is 2.22. The summed E-state index contributed by atoms with van der Waals surface area (Å²) in [6.07, 6.45) is -2.25. The molecule has 0 atom stereocenters. The Kier molecular flexibility index (Phi) is 7.03. The van der Waals surface area contributed by atoms with Gasteiger partial charge in [0.2, 0.25) is 0 Å². The Hall–Kier alpha value is -0.850. The molecule has 0 unspecified atom stereocenters. The van der Waals surface area contributed by atoms with E-state index in [-0.39, 0.29) is 13.2 Å². The van der Waals surface area contributed by atoms with Crippen LogP contribution < -0.4 is 5.32 Å². The van der Waals surface area contributed by atoms with E-state index in [0.717, 1.165) is 12.8 Å². The lowest BCUT2D eigenvalue weighted by atomic mass is 10.3. The number of alkyl halides is 4. The van der Waals surface area contributed by atoms with Crippen LogP contribution in [-0.4, -0.2) is 38.0 Å². The largest absolute Gasteiger partial charge is 0.383 e. The first-order chi connectivity index (χ1) is 7.42. The number of unbranched alkanes of at least 4 members (excludes halogenated alkanes) is 1. The SMILES string of the molecule is CCCCOCCNC(=O)C(F)(F)C(F)F. The lowest BCUT2D eigenvalue weighted by Gasteiger charge is -2.14. The van der Waals surface area contributed by atoms with E-state index in [4.69, 9.17) is 4.74 Å². The minimum absolute atomic E-state index is 0.0328. The van der Waals surface area contributed by atoms with Crippen LogP contribution in [0.2, 0.25) is 0 Å². The van der Waals surface area contributed by atoms with Crippen molar-refractivity contribution in [1.29, 1.82) is 0 Å². The van der Waals surface area contributed by atoms with E-state index in [0.29, 0.717) is 6.61 Å². The van der Waals surface area contributed by atoms with Crippen molar-refractivity contribution in [3.05, 3.63) is 0 Å². The van der Waals surface area contributed by atoms with E-state index in [1.54, 1.807) is 5.32 Å². The molecule has 0 aliphatic rings. The molecule has 0 rings (SSSR count). The van der Waals surface area contributed by atoms with Crippen molar-refractivity contribution in [3.63, 3.8) is 0 Å². The molecule has 0 radical (unpaired) electrons. The first kappa shape index (κ1) is 15.2. The molecular formula is C9H15F4NO2. The van der Waals surface area contributed by atoms with Crippen molar-refractivity contribution >= 4 is 5.91 Å². The Morgan fingerprint density at radius 3 is 2.50 bits per heavy atom. The van der Waals surface area contributed by atoms with Crippen LogP contribution in [0.3, 0.4) is 0 Å². The molecule has 0 aliphatic heterocycles. The highest BCUT2D eigenvalue weighted by Crippen LogP contribution is 2.22. The van der Waals surface area contributed by atoms with Crippen molar-refractivity contribution in [2.75, 3.05) is 19.8 Å². The molecule has 7 heteroatoms. The molecule has 1 N–H and O–H groups in total. The maximum Gasteiger partial charge on any atom is 0.383 e. The van der Waals surface area contributed by atoms with Gasteiger partial charge in [-0.3, -0.25) is 4.79 Å². The second kappa shape index (κ2) is 7.43. The van der Waals surface area contributed by atoms with E-state index in [9.17, 15) is 22.4 Å². The smallest absolute Gasteiger partial charge is 0.380 e. The first-order valence-electron chi connectivity index (χ1n) is 4.95. The van der Waals surface area contributed by atoms with Gasteiger partial charge in [-0.05, 0) is 6.42 Å². The van der Waals surface area contributed by atoms with Crippen LogP contribution in [0.4, 0.5) is 17.6 Å². The highest BCUT2D eigenvalue weighted by molar-refractivity contribution is 5.83. The van der Waals surface area contributed by atoms with Crippen molar-refractivity contribution in [3.8, 4) is 0 Å². The van der Waals surface area contributed by atoms with Crippen LogP contribution in [0.15, 0.2) is 0 Å². The van der Waals surface area contributed by atoms with Gasteiger partial charge in [-0.2, -0.15) is 8.78 Å². The monoisotopic (exact) mass is 245 g/mol. The Morgan fingerprint density at radius 1 is 1.38 bits per heavy atom. The van der Waals surface area contributed by atoms with Gasteiger partial charge < -0.3 is 10.1 Å². The van der Waals surface area contributed by atoms with Gasteiger partial charge in [0.1, 0.15) is 0 Å². The molecule has 0 heterocycles. The summed E-state index contributed by atoms with van der Waals surface area (Å²) in [5, 5.41) is 1.69. The number of carbonyl (C=O) groups is 1. The lowest BCUT2D eigenvalue weighted by molar-refractivity contribution is -0.169. The summed E-state index contributed by atoms with van der Waals surface area (Å²) < 4.78 is 53.1. The number of rotatable bonds is 8. The average molecular weight is 245 g/mol. The number of hydrogen-bond acceptors (Lipinski definition) is 2. The van der Waals surface area contributed by atoms with E-state index in [2.05, 4.69) is 0 Å². The molecule has 0 aliphatic carbocycles. The molecule has 0 bridgehead atoms. The molecule has 3 nitrogen and oxygen atoms in total. The van der Waals surface area contributed by atoms with Crippen LogP contribution in [0, 0.1) is 0 Å². The first-order valence-corrected chi connectivity index (χ1v) is 4.95. The maximum atomic E-state index is 12.4. The number of nitrogens with one attached hydrogen (secondary N) is 1. The third-order valence-corrected chi connectivity index (χ3v) is 1.75. The van der Waals surface area contributed by atoms with Gasteiger partial charge in [0.05, 0.1) is 6.61 Å². The van der Waals surface area contributed by atoms with Gasteiger partial charge >= 0.3 is 12.3 Å². The Morgan fingerprint density at radius 2 is 2.00 bits per heavy atom. The molecule has 0 saturated carbocycles. The summed E-state index contributed by atoms with van der Waals surface area (Å²) in [5.74, 6) is -6.61. The minimum atomic E-state index is -4.64. The molecule has 96 valence electrons. The van der Waals surface area contributed by atoms with E-state index < -0.39 is 18.3 Å². The van der Waals surface area contributed by atoms with Gasteiger partial charge in [-0.25, -0.2) is 8.78 Å². The third kappa shape index (κ3) is 5.29. The van der Waals surface area contributed by atoms with Crippen LogP contribution in [0.1, 0.15) is 19.8 Å². The molecule has 0 saturated heterocycles. The van der Waals surface area contributed by atoms with Crippen LogP contribution in [-0.2, 0) is 9.53 Å². The van der Waals surface area contributed by atoms with E-state index in [1.807, 2.05) is 6.92 Å². The maximum absolute atomic E-state index is 12.4. The summed E-state index contributed by atoms with van der Waals surface area (Å²) in [7, 11) is 0. The zero-order valence-electron chi connectivity index (χ0n) is 8.94. The van der Waals surface area contributed by atoms with Crippen molar-refractivity contribution in [2.45, 2.75) is 32.1 Å². The van der Waals surface area contributed by atoms with Crippen LogP contribution in [0.25, 0.3) is 0 Å². The van der Waals surface area contributed by atoms with Gasteiger partial charge in [0.15, 0.2) is 0 Å². The quantitative estimate of drug-likeness (QED) is 0.523. The number of hydrogen-bond donors (Lipinski definition) is 1. The van der Waals surface area contributed by atoms with Gasteiger partial charge in [-0.15, -0.1) is 0 Å². The summed E-state index contributed by atoms with van der Waals surface area (Å²) in [5.41, 5.74) is 0. The van der Waals surface area contributed by atoms with E-state index >= 15 is 0 Å². The fourth-order valence-electron chi connectivity index (χ4n) is 0.802. The Bertz CT molecular complexity index is 212. The molecule has 0 aromatic rings. The summed E-state index contributed by atoms with van der Waals surface area (Å²) in [4.78, 5) is 10.6. The summed E-state index contributed by atoms with van der Waals surface area (Å²) in [6, 6.07) is 0. The molecule has 0 spiro atoms. The van der Waals surface area contributed by atoms with Crippen molar-refractivity contribution < 1.29 is 27.1 Å². The number of halogens is 4. The topological polar surface area (TPSA) is 38.3 Å². The van der Waals surface area contributed by atoms with Gasteiger partial charge in [-0.1, -0.05) is 13.3 Å². The molecule has 0 aromatic carbocycles. The fourth-order valence-corrected chi connectivity index (χ4v) is 0.802. The molecule has 0 aromatic heterocycles. The summed E-state index contributed by atoms with van der Waals surface area (Å²) >= 11 is 0. The van der Waals surface area contributed by atoms with Crippen LogP contribution in [0.5, 0.6) is 0 Å². The fraction of sp³-hybridized carbons (Fsp3) is 0.889. The lowest BCUT2D eigenvalue weighted by Crippen LogP contribution is -2.46. The van der Waals surface area contributed by atoms with Gasteiger partial charge in [0, 0.05) is 13.2 Å². The zero-order valence-corrected chi connectivity index (χ0v) is 8.94. The predicted octanol–water partition coefficient (Wildman–Crippen LogP) is 1.82. The molecule has 16 heavy (non-hydrogen) atoms. The number of amides is 1. The third-order valence-electron chi connectivity index (χ3n) is 1.75. The number of carbonyl (C=O) groups excluding carboxylic acids is 1. The highest BCUT2D eigenvalue weighted by Gasteiger charge is 2.48. The Balaban J connectivity index is 3.66. The Labute approximate surface area is 91.1 Å². The second-order valence-electron chi connectivity index (χ2n) is 3.15.